The van der Waals surface area contributed by atoms with Crippen molar-refractivity contribution in [3.05, 3.63) is 17.0 Å². The molecule has 0 amide bonds. The van der Waals surface area contributed by atoms with Crippen LogP contribution in [0.1, 0.15) is 44.6 Å². The van der Waals surface area contributed by atoms with E-state index in [1.54, 1.807) is 25.5 Å². The Labute approximate surface area is 120 Å². The normalized spacial score (nSPS) is 11.5. The zero-order valence-electron chi connectivity index (χ0n) is 13.2. The molecule has 0 N–H and O–H groups in total. The summed E-state index contributed by atoms with van der Waals surface area (Å²) in [4.78, 5) is 24.2. The van der Waals surface area contributed by atoms with Gasteiger partial charge in [0.15, 0.2) is 5.78 Å². The molecule has 0 spiro atoms. The topological polar surface area (TPSA) is 61.2 Å². The van der Waals surface area contributed by atoms with E-state index in [1.165, 1.54) is 0 Å². The largest absolute Gasteiger partial charge is 0.465 e. The fourth-order valence-corrected chi connectivity index (χ4v) is 2.16. The molecule has 0 saturated carbocycles. The van der Waals surface area contributed by atoms with Gasteiger partial charge < -0.3 is 4.74 Å². The highest BCUT2D eigenvalue weighted by Crippen LogP contribution is 2.21. The molecule has 0 aliphatic rings. The average Bonchev–Trinajstić information content (AvgIpc) is 2.64. The second-order valence-corrected chi connectivity index (χ2v) is 5.43. The van der Waals surface area contributed by atoms with Crippen LogP contribution in [0, 0.1) is 19.3 Å². The molecule has 1 rings (SSSR count). The maximum absolute atomic E-state index is 12.3. The van der Waals surface area contributed by atoms with Crippen LogP contribution in [0.2, 0.25) is 0 Å². The van der Waals surface area contributed by atoms with E-state index in [2.05, 4.69) is 12.0 Å². The van der Waals surface area contributed by atoms with Gasteiger partial charge in [0.1, 0.15) is 12.0 Å². The Morgan fingerprint density at radius 1 is 1.25 bits per heavy atom. The summed E-state index contributed by atoms with van der Waals surface area (Å²) in [5.41, 5.74) is 1.94. The van der Waals surface area contributed by atoms with Gasteiger partial charge in [0.25, 0.3) is 0 Å². The van der Waals surface area contributed by atoms with Gasteiger partial charge in [0.2, 0.25) is 0 Å². The van der Waals surface area contributed by atoms with Crippen molar-refractivity contribution >= 4 is 11.8 Å². The van der Waals surface area contributed by atoms with Crippen molar-refractivity contribution in [2.45, 2.75) is 54.5 Å². The summed E-state index contributed by atoms with van der Waals surface area (Å²) < 4.78 is 6.63. The molecular weight excluding hydrogens is 256 g/mol. The molecule has 5 heteroatoms. The molecule has 0 saturated heterocycles. The summed E-state index contributed by atoms with van der Waals surface area (Å²) in [6.07, 6.45) is 0.882. The standard InChI is InChI=1S/C15H24N2O3/c1-7-12-10(3)16-17(11(12)4)9-13(18)15(5,6)14(19)20-8-2/h7-9H2,1-6H3. The number of carbonyl (C=O) groups excluding carboxylic acids is 2. The highest BCUT2D eigenvalue weighted by Gasteiger charge is 2.37. The summed E-state index contributed by atoms with van der Waals surface area (Å²) in [5, 5.41) is 4.38. The van der Waals surface area contributed by atoms with Gasteiger partial charge in [0, 0.05) is 5.69 Å². The van der Waals surface area contributed by atoms with E-state index in [0.29, 0.717) is 0 Å². The van der Waals surface area contributed by atoms with E-state index in [9.17, 15) is 9.59 Å². The number of rotatable bonds is 6. The van der Waals surface area contributed by atoms with Crippen LogP contribution in [0.3, 0.4) is 0 Å². The second kappa shape index (κ2) is 6.20. The van der Waals surface area contributed by atoms with Crippen molar-refractivity contribution in [2.75, 3.05) is 6.61 Å². The third-order valence-electron chi connectivity index (χ3n) is 3.66. The SMILES string of the molecule is CCOC(=O)C(C)(C)C(=O)Cn1nc(C)c(CC)c1C. The minimum absolute atomic E-state index is 0.0957. The first kappa shape index (κ1) is 16.4. The minimum atomic E-state index is -1.14. The molecule has 0 radical (unpaired) electrons. The van der Waals surface area contributed by atoms with Crippen molar-refractivity contribution in [2.24, 2.45) is 5.41 Å². The number of ketones is 1. The van der Waals surface area contributed by atoms with Gasteiger partial charge in [-0.2, -0.15) is 5.10 Å². The Balaban J connectivity index is 2.93. The fourth-order valence-electron chi connectivity index (χ4n) is 2.16. The number of hydrogen-bond acceptors (Lipinski definition) is 4. The van der Waals surface area contributed by atoms with Crippen LogP contribution < -0.4 is 0 Å². The molecule has 1 aromatic rings. The lowest BCUT2D eigenvalue weighted by Gasteiger charge is -2.21. The lowest BCUT2D eigenvalue weighted by Crippen LogP contribution is -2.37. The maximum Gasteiger partial charge on any atom is 0.319 e. The quantitative estimate of drug-likeness (QED) is 0.592. The van der Waals surface area contributed by atoms with E-state index < -0.39 is 11.4 Å². The lowest BCUT2D eigenvalue weighted by atomic mass is 9.88. The van der Waals surface area contributed by atoms with Gasteiger partial charge in [0.05, 0.1) is 12.3 Å². The van der Waals surface area contributed by atoms with Gasteiger partial charge in [-0.05, 0) is 46.6 Å². The predicted octanol–water partition coefficient (Wildman–Crippen LogP) is 2.22. The van der Waals surface area contributed by atoms with E-state index in [-0.39, 0.29) is 18.9 Å². The van der Waals surface area contributed by atoms with Crippen molar-refractivity contribution in [1.82, 2.24) is 9.78 Å². The third-order valence-corrected chi connectivity index (χ3v) is 3.66. The van der Waals surface area contributed by atoms with E-state index >= 15 is 0 Å². The van der Waals surface area contributed by atoms with E-state index in [0.717, 1.165) is 23.4 Å². The van der Waals surface area contributed by atoms with Crippen LogP contribution in [-0.2, 0) is 27.3 Å². The Bertz CT molecular complexity index is 515. The number of ether oxygens (including phenoxy) is 1. The van der Waals surface area contributed by atoms with E-state index in [4.69, 9.17) is 4.74 Å². The Morgan fingerprint density at radius 2 is 1.85 bits per heavy atom. The Kier molecular flexibility index (Phi) is 5.09. The Morgan fingerprint density at radius 3 is 2.30 bits per heavy atom. The molecular formula is C15H24N2O3. The summed E-state index contributed by atoms with van der Waals surface area (Å²) in [5.74, 6) is -0.675. The number of aryl methyl sites for hydroxylation is 1. The Hall–Kier alpha value is -1.65. The second-order valence-electron chi connectivity index (χ2n) is 5.43. The number of hydrogen-bond donors (Lipinski definition) is 0. The van der Waals surface area contributed by atoms with Crippen LogP contribution in [0.4, 0.5) is 0 Å². The van der Waals surface area contributed by atoms with Crippen LogP contribution >= 0.6 is 0 Å². The third kappa shape index (κ3) is 3.08. The van der Waals surface area contributed by atoms with Crippen molar-refractivity contribution in [3.8, 4) is 0 Å². The number of esters is 1. The molecule has 0 atom stereocenters. The first-order valence-corrected chi connectivity index (χ1v) is 6.99. The van der Waals surface area contributed by atoms with Crippen LogP contribution in [0.15, 0.2) is 0 Å². The summed E-state index contributed by atoms with van der Waals surface area (Å²) in [6, 6.07) is 0. The molecule has 0 aliphatic heterocycles. The van der Waals surface area contributed by atoms with Gasteiger partial charge in [-0.3, -0.25) is 14.3 Å². The molecule has 0 aliphatic carbocycles. The number of carbonyl (C=O) groups is 2. The fraction of sp³-hybridized carbons (Fsp3) is 0.667. The van der Waals surface area contributed by atoms with E-state index in [1.807, 2.05) is 13.8 Å². The molecule has 1 aromatic heterocycles. The van der Waals surface area contributed by atoms with Crippen LogP contribution in [0.5, 0.6) is 0 Å². The van der Waals surface area contributed by atoms with Gasteiger partial charge in [-0.15, -0.1) is 0 Å². The smallest absolute Gasteiger partial charge is 0.319 e. The summed E-state index contributed by atoms with van der Waals surface area (Å²) in [6.45, 7) is 11.2. The highest BCUT2D eigenvalue weighted by atomic mass is 16.5. The summed E-state index contributed by atoms with van der Waals surface area (Å²) in [7, 11) is 0. The zero-order chi connectivity index (χ0) is 15.5. The molecule has 20 heavy (non-hydrogen) atoms. The average molecular weight is 280 g/mol. The first-order chi connectivity index (χ1) is 9.25. The molecule has 0 aromatic carbocycles. The summed E-state index contributed by atoms with van der Waals surface area (Å²) >= 11 is 0. The van der Waals surface area contributed by atoms with Crippen molar-refractivity contribution in [3.63, 3.8) is 0 Å². The van der Waals surface area contributed by atoms with Gasteiger partial charge in [-0.1, -0.05) is 6.92 Å². The molecule has 0 unspecified atom stereocenters. The molecule has 112 valence electrons. The number of aromatic nitrogens is 2. The van der Waals surface area contributed by atoms with Gasteiger partial charge in [-0.25, -0.2) is 0 Å². The van der Waals surface area contributed by atoms with Gasteiger partial charge >= 0.3 is 5.97 Å². The minimum Gasteiger partial charge on any atom is -0.465 e. The predicted molar refractivity (Wildman–Crippen MR) is 76.5 cm³/mol. The van der Waals surface area contributed by atoms with Crippen LogP contribution in [0.25, 0.3) is 0 Å². The molecule has 5 nitrogen and oxygen atoms in total. The maximum atomic E-state index is 12.3. The highest BCUT2D eigenvalue weighted by molar-refractivity contribution is 6.02. The lowest BCUT2D eigenvalue weighted by molar-refractivity contribution is -0.158. The zero-order valence-corrected chi connectivity index (χ0v) is 13.2. The molecule has 0 bridgehead atoms. The monoisotopic (exact) mass is 280 g/mol. The van der Waals surface area contributed by atoms with Crippen molar-refractivity contribution in [1.29, 1.82) is 0 Å². The number of nitrogens with zero attached hydrogens (tertiary/aromatic N) is 2. The first-order valence-electron chi connectivity index (χ1n) is 6.99. The van der Waals surface area contributed by atoms with Crippen LogP contribution in [-0.4, -0.2) is 28.1 Å². The molecule has 0 fully saturated rings. The molecule has 1 heterocycles. The van der Waals surface area contributed by atoms with Crippen molar-refractivity contribution < 1.29 is 14.3 Å². The number of Topliss-reactive ketones (excluding diaryl/α,β-unsaturated/α-hetero) is 1.